The predicted octanol–water partition coefficient (Wildman–Crippen LogP) is 1.28. The molecule has 8 nitrogen and oxygen atoms in total. The van der Waals surface area contributed by atoms with Crippen molar-refractivity contribution in [2.75, 3.05) is 26.2 Å². The minimum atomic E-state index is -4.18. The minimum Gasteiger partial charge on any atom is -0.339 e. The molecule has 160 valence electrons. The van der Waals surface area contributed by atoms with Gasteiger partial charge in [-0.2, -0.15) is 0 Å². The lowest BCUT2D eigenvalue weighted by atomic mass is 10.2. The van der Waals surface area contributed by atoms with Gasteiger partial charge in [0.15, 0.2) is 0 Å². The van der Waals surface area contributed by atoms with Crippen molar-refractivity contribution in [3.63, 3.8) is 0 Å². The van der Waals surface area contributed by atoms with E-state index in [2.05, 4.69) is 5.32 Å². The third kappa shape index (κ3) is 4.71. The highest BCUT2D eigenvalue weighted by molar-refractivity contribution is 7.92. The molecular weight excluding hydrogens is 426 g/mol. The molecule has 1 fully saturated rings. The standard InChI is InChI=1S/C20H23N3O5S2/c1-14-5-7-16(8-6-14)30(27,28)19(21-18(25)17-4-3-13-29-17)20(26)23-11-9-22(10-12-23)15(2)24/h3-8,13,19H,9-12H2,1-2H3,(H,21,25). The van der Waals surface area contributed by atoms with Gasteiger partial charge in [-0.3, -0.25) is 14.4 Å². The molecule has 1 aliphatic rings. The maximum Gasteiger partial charge on any atom is 0.262 e. The van der Waals surface area contributed by atoms with Gasteiger partial charge >= 0.3 is 0 Å². The van der Waals surface area contributed by atoms with Crippen LogP contribution in [0.2, 0.25) is 0 Å². The van der Waals surface area contributed by atoms with Crippen molar-refractivity contribution in [1.82, 2.24) is 15.1 Å². The Bertz CT molecular complexity index is 1020. The van der Waals surface area contributed by atoms with Crippen LogP contribution in [0.4, 0.5) is 0 Å². The van der Waals surface area contributed by atoms with Gasteiger partial charge < -0.3 is 15.1 Å². The molecule has 1 saturated heterocycles. The molecule has 0 bridgehead atoms. The Balaban J connectivity index is 1.89. The topological polar surface area (TPSA) is 104 Å². The summed E-state index contributed by atoms with van der Waals surface area (Å²) in [6, 6.07) is 9.37. The number of thiophene rings is 1. The van der Waals surface area contributed by atoms with E-state index in [9.17, 15) is 22.8 Å². The molecular formula is C20H23N3O5S2. The summed E-state index contributed by atoms with van der Waals surface area (Å²) in [5.74, 6) is -1.43. The molecule has 2 heterocycles. The number of piperazine rings is 1. The van der Waals surface area contributed by atoms with Crippen LogP contribution in [0.3, 0.4) is 0 Å². The predicted molar refractivity (Wildman–Crippen MR) is 113 cm³/mol. The summed E-state index contributed by atoms with van der Waals surface area (Å²) in [7, 11) is -4.18. The zero-order chi connectivity index (χ0) is 21.9. The van der Waals surface area contributed by atoms with Crippen molar-refractivity contribution in [2.24, 2.45) is 0 Å². The summed E-state index contributed by atoms with van der Waals surface area (Å²) in [6.45, 7) is 4.31. The van der Waals surface area contributed by atoms with Gasteiger partial charge in [0.05, 0.1) is 9.77 Å². The highest BCUT2D eigenvalue weighted by Crippen LogP contribution is 2.19. The first kappa shape index (κ1) is 22.0. The number of nitrogens with zero attached hydrogens (tertiary/aromatic N) is 2. The Labute approximate surface area is 179 Å². The Morgan fingerprint density at radius 1 is 1.00 bits per heavy atom. The number of sulfone groups is 1. The zero-order valence-corrected chi connectivity index (χ0v) is 18.3. The third-order valence-corrected chi connectivity index (χ3v) is 7.67. The molecule has 1 atom stereocenters. The van der Waals surface area contributed by atoms with E-state index in [4.69, 9.17) is 0 Å². The normalized spacial score (nSPS) is 15.5. The van der Waals surface area contributed by atoms with E-state index in [-0.39, 0.29) is 23.9 Å². The summed E-state index contributed by atoms with van der Waals surface area (Å²) in [4.78, 5) is 40.6. The molecule has 1 aliphatic heterocycles. The first-order valence-corrected chi connectivity index (χ1v) is 11.8. The maximum absolute atomic E-state index is 13.3. The second-order valence-corrected chi connectivity index (χ2v) is 10.0. The Kier molecular flexibility index (Phi) is 6.57. The van der Waals surface area contributed by atoms with Crippen LogP contribution in [0.1, 0.15) is 22.2 Å². The minimum absolute atomic E-state index is 0.0414. The number of rotatable bonds is 5. The van der Waals surface area contributed by atoms with Crippen molar-refractivity contribution in [3.8, 4) is 0 Å². The van der Waals surface area contributed by atoms with E-state index in [0.29, 0.717) is 18.0 Å². The maximum atomic E-state index is 13.3. The van der Waals surface area contributed by atoms with Crippen molar-refractivity contribution in [1.29, 1.82) is 0 Å². The van der Waals surface area contributed by atoms with E-state index in [1.165, 1.54) is 24.0 Å². The lowest BCUT2D eigenvalue weighted by Gasteiger charge is -2.35. The number of aryl methyl sites for hydroxylation is 1. The number of hydrogen-bond donors (Lipinski definition) is 1. The van der Waals surface area contributed by atoms with Crippen LogP contribution >= 0.6 is 11.3 Å². The van der Waals surface area contributed by atoms with Crippen LogP contribution in [-0.2, 0) is 19.4 Å². The molecule has 1 unspecified atom stereocenters. The largest absolute Gasteiger partial charge is 0.339 e. The molecule has 3 amide bonds. The van der Waals surface area contributed by atoms with E-state index in [1.54, 1.807) is 34.5 Å². The van der Waals surface area contributed by atoms with Crippen LogP contribution in [-0.4, -0.2) is 67.5 Å². The van der Waals surface area contributed by atoms with Gasteiger partial charge in [-0.1, -0.05) is 23.8 Å². The molecule has 2 aromatic rings. The van der Waals surface area contributed by atoms with Gasteiger partial charge in [0.25, 0.3) is 11.8 Å². The SMILES string of the molecule is CC(=O)N1CCN(C(=O)C(NC(=O)c2cccs2)S(=O)(=O)c2ccc(C)cc2)CC1. The molecule has 0 saturated carbocycles. The van der Waals surface area contributed by atoms with Gasteiger partial charge in [-0.25, -0.2) is 8.42 Å². The summed E-state index contributed by atoms with van der Waals surface area (Å²) in [6.07, 6.45) is 0. The van der Waals surface area contributed by atoms with Crippen molar-refractivity contribution in [3.05, 3.63) is 52.2 Å². The average Bonchev–Trinajstić information content (AvgIpc) is 3.26. The molecule has 1 aromatic carbocycles. The van der Waals surface area contributed by atoms with Crippen LogP contribution < -0.4 is 5.32 Å². The second kappa shape index (κ2) is 8.97. The van der Waals surface area contributed by atoms with Crippen LogP contribution in [0, 0.1) is 6.92 Å². The molecule has 1 aromatic heterocycles. The third-order valence-electron chi connectivity index (χ3n) is 4.93. The number of hydrogen-bond acceptors (Lipinski definition) is 6. The molecule has 10 heteroatoms. The fraction of sp³-hybridized carbons (Fsp3) is 0.350. The Morgan fingerprint density at radius 2 is 1.60 bits per heavy atom. The molecule has 0 radical (unpaired) electrons. The van der Waals surface area contributed by atoms with Gasteiger partial charge in [0.2, 0.25) is 21.1 Å². The number of nitrogens with one attached hydrogen (secondary N) is 1. The fourth-order valence-corrected chi connectivity index (χ4v) is 5.23. The second-order valence-electron chi connectivity index (χ2n) is 7.02. The van der Waals surface area contributed by atoms with Crippen molar-refractivity contribution in [2.45, 2.75) is 24.1 Å². The molecule has 1 N–H and O–H groups in total. The van der Waals surface area contributed by atoms with Gasteiger partial charge in [-0.15, -0.1) is 11.3 Å². The van der Waals surface area contributed by atoms with E-state index in [0.717, 1.165) is 16.9 Å². The zero-order valence-electron chi connectivity index (χ0n) is 16.7. The van der Waals surface area contributed by atoms with E-state index in [1.807, 2.05) is 6.92 Å². The van der Waals surface area contributed by atoms with Gasteiger partial charge in [0.1, 0.15) is 0 Å². The summed E-state index contributed by atoms with van der Waals surface area (Å²) < 4.78 is 26.6. The first-order valence-electron chi connectivity index (χ1n) is 9.39. The summed E-state index contributed by atoms with van der Waals surface area (Å²) in [5.41, 5.74) is 0.875. The van der Waals surface area contributed by atoms with Crippen LogP contribution in [0.25, 0.3) is 0 Å². The number of carbonyl (C=O) groups is 3. The monoisotopic (exact) mass is 449 g/mol. The van der Waals surface area contributed by atoms with Gasteiger partial charge in [0, 0.05) is 33.1 Å². The van der Waals surface area contributed by atoms with E-state index < -0.39 is 27.0 Å². The highest BCUT2D eigenvalue weighted by atomic mass is 32.2. The quantitative estimate of drug-likeness (QED) is 0.741. The number of carbonyl (C=O) groups excluding carboxylic acids is 3. The Morgan fingerprint density at radius 3 is 2.13 bits per heavy atom. The van der Waals surface area contributed by atoms with Crippen LogP contribution in [0.15, 0.2) is 46.7 Å². The number of benzene rings is 1. The molecule has 3 rings (SSSR count). The summed E-state index contributed by atoms with van der Waals surface area (Å²) in [5, 5.41) is 2.36. The highest BCUT2D eigenvalue weighted by Gasteiger charge is 2.39. The number of amides is 3. The molecule has 0 spiro atoms. The fourth-order valence-electron chi connectivity index (χ4n) is 3.14. The molecule has 30 heavy (non-hydrogen) atoms. The van der Waals surface area contributed by atoms with Crippen molar-refractivity contribution >= 4 is 38.9 Å². The van der Waals surface area contributed by atoms with Crippen LogP contribution in [0.5, 0.6) is 0 Å². The smallest absolute Gasteiger partial charge is 0.262 e. The molecule has 0 aliphatic carbocycles. The lowest BCUT2D eigenvalue weighted by molar-refractivity contribution is -0.138. The van der Waals surface area contributed by atoms with Gasteiger partial charge in [-0.05, 0) is 30.5 Å². The first-order chi connectivity index (χ1) is 14.2. The lowest BCUT2D eigenvalue weighted by Crippen LogP contribution is -2.57. The summed E-state index contributed by atoms with van der Waals surface area (Å²) >= 11 is 1.16. The van der Waals surface area contributed by atoms with E-state index >= 15 is 0 Å². The average molecular weight is 450 g/mol. The van der Waals surface area contributed by atoms with Crippen molar-refractivity contribution < 1.29 is 22.8 Å². The Hall–Kier alpha value is -2.72.